The standard InChI is InChI=1S/C19H18N6OS/c20-6-2-8-25-12-22-15-9-13(4-5-17(15)25)18(26)24-19-23-16(11-27-19)14-3-1-7-21-10-14/h1,3-5,7,9-12H,2,6,8,20H2,(H,23,24,26). The summed E-state index contributed by atoms with van der Waals surface area (Å²) >= 11 is 1.38. The van der Waals surface area contributed by atoms with Crippen LogP contribution in [-0.2, 0) is 6.54 Å². The molecule has 0 saturated carbocycles. The highest BCUT2D eigenvalue weighted by molar-refractivity contribution is 7.14. The minimum Gasteiger partial charge on any atom is -0.331 e. The second kappa shape index (κ2) is 7.65. The highest BCUT2D eigenvalue weighted by Crippen LogP contribution is 2.25. The number of benzene rings is 1. The van der Waals surface area contributed by atoms with Crippen LogP contribution >= 0.6 is 11.3 Å². The Kier molecular flexibility index (Phi) is 4.91. The Morgan fingerprint density at radius 1 is 1.30 bits per heavy atom. The topological polar surface area (TPSA) is 98.7 Å². The van der Waals surface area contributed by atoms with Gasteiger partial charge in [0, 0.05) is 35.4 Å². The van der Waals surface area contributed by atoms with Gasteiger partial charge in [0.15, 0.2) is 5.13 Å². The molecule has 0 aliphatic carbocycles. The summed E-state index contributed by atoms with van der Waals surface area (Å²) in [6, 6.07) is 9.29. The van der Waals surface area contributed by atoms with Crippen molar-refractivity contribution in [1.29, 1.82) is 0 Å². The Labute approximate surface area is 159 Å². The summed E-state index contributed by atoms with van der Waals surface area (Å²) in [4.78, 5) is 25.5. The first kappa shape index (κ1) is 17.3. The Morgan fingerprint density at radius 2 is 2.22 bits per heavy atom. The van der Waals surface area contributed by atoms with E-state index >= 15 is 0 Å². The van der Waals surface area contributed by atoms with Gasteiger partial charge < -0.3 is 10.3 Å². The number of nitrogens with two attached hydrogens (primary N) is 1. The molecule has 27 heavy (non-hydrogen) atoms. The van der Waals surface area contributed by atoms with Crippen LogP contribution in [0.5, 0.6) is 0 Å². The fourth-order valence-electron chi connectivity index (χ4n) is 2.79. The van der Waals surface area contributed by atoms with E-state index in [2.05, 4.69) is 20.3 Å². The predicted octanol–water partition coefficient (Wildman–Crippen LogP) is 3.16. The number of fused-ring (bicyclic) bond motifs is 1. The van der Waals surface area contributed by atoms with Crippen molar-refractivity contribution >= 4 is 33.4 Å². The van der Waals surface area contributed by atoms with Gasteiger partial charge >= 0.3 is 0 Å². The molecule has 0 saturated heterocycles. The van der Waals surface area contributed by atoms with Gasteiger partial charge in [-0.15, -0.1) is 11.3 Å². The Morgan fingerprint density at radius 3 is 3.04 bits per heavy atom. The lowest BCUT2D eigenvalue weighted by Crippen LogP contribution is -2.11. The van der Waals surface area contributed by atoms with Gasteiger partial charge in [-0.3, -0.25) is 15.1 Å². The van der Waals surface area contributed by atoms with E-state index in [1.807, 2.05) is 28.1 Å². The molecule has 3 aromatic heterocycles. The van der Waals surface area contributed by atoms with E-state index < -0.39 is 0 Å². The summed E-state index contributed by atoms with van der Waals surface area (Å²) in [5, 5.41) is 5.30. The molecule has 0 atom stereocenters. The van der Waals surface area contributed by atoms with Crippen LogP contribution in [0, 0.1) is 0 Å². The molecule has 0 aliphatic heterocycles. The fraction of sp³-hybridized carbons (Fsp3) is 0.158. The van der Waals surface area contributed by atoms with Gasteiger partial charge in [0.05, 0.1) is 23.1 Å². The molecule has 0 bridgehead atoms. The third-order valence-electron chi connectivity index (χ3n) is 4.17. The van der Waals surface area contributed by atoms with E-state index in [9.17, 15) is 4.79 Å². The van der Waals surface area contributed by atoms with E-state index in [0.717, 1.165) is 35.3 Å². The number of rotatable bonds is 6. The average molecular weight is 378 g/mol. The summed E-state index contributed by atoms with van der Waals surface area (Å²) in [7, 11) is 0. The maximum atomic E-state index is 12.6. The quantitative estimate of drug-likeness (QED) is 0.537. The summed E-state index contributed by atoms with van der Waals surface area (Å²) < 4.78 is 2.05. The molecule has 0 unspecified atom stereocenters. The molecule has 7 nitrogen and oxygen atoms in total. The minimum absolute atomic E-state index is 0.208. The van der Waals surface area contributed by atoms with Gasteiger partial charge in [0.1, 0.15) is 0 Å². The second-order valence-electron chi connectivity index (χ2n) is 6.02. The monoisotopic (exact) mass is 378 g/mol. The van der Waals surface area contributed by atoms with Gasteiger partial charge in [-0.25, -0.2) is 9.97 Å². The number of nitrogens with zero attached hydrogens (tertiary/aromatic N) is 4. The smallest absolute Gasteiger partial charge is 0.257 e. The number of aryl methyl sites for hydroxylation is 1. The first-order valence-corrected chi connectivity index (χ1v) is 9.45. The average Bonchev–Trinajstić information content (AvgIpc) is 3.33. The van der Waals surface area contributed by atoms with Crippen molar-refractivity contribution in [3.05, 3.63) is 60.0 Å². The van der Waals surface area contributed by atoms with Crippen LogP contribution in [0.2, 0.25) is 0 Å². The first-order valence-electron chi connectivity index (χ1n) is 8.57. The SMILES string of the molecule is NCCCn1cnc2cc(C(=O)Nc3nc(-c4cccnc4)cs3)ccc21. The number of pyridine rings is 1. The fourth-order valence-corrected chi connectivity index (χ4v) is 3.51. The van der Waals surface area contributed by atoms with Crippen molar-refractivity contribution in [2.24, 2.45) is 5.73 Å². The Hall–Kier alpha value is -3.10. The third kappa shape index (κ3) is 3.71. The molecule has 0 aliphatic rings. The molecule has 4 aromatic rings. The molecule has 136 valence electrons. The van der Waals surface area contributed by atoms with Crippen LogP contribution < -0.4 is 11.1 Å². The van der Waals surface area contributed by atoms with E-state index in [1.165, 1.54) is 11.3 Å². The van der Waals surface area contributed by atoms with Crippen LogP contribution in [0.25, 0.3) is 22.3 Å². The van der Waals surface area contributed by atoms with Crippen LogP contribution in [0.4, 0.5) is 5.13 Å². The number of nitrogens with one attached hydrogen (secondary N) is 1. The molecular formula is C19H18N6OS. The number of carbonyl (C=O) groups is 1. The van der Waals surface area contributed by atoms with Crippen molar-refractivity contribution in [2.75, 3.05) is 11.9 Å². The van der Waals surface area contributed by atoms with Gasteiger partial charge in [-0.1, -0.05) is 0 Å². The molecule has 0 spiro atoms. The number of hydrogen-bond donors (Lipinski definition) is 2. The van der Waals surface area contributed by atoms with Crippen molar-refractivity contribution in [2.45, 2.75) is 13.0 Å². The van der Waals surface area contributed by atoms with E-state index in [0.29, 0.717) is 17.2 Å². The molecule has 3 heterocycles. The normalized spacial score (nSPS) is 11.0. The molecule has 1 aromatic carbocycles. The maximum Gasteiger partial charge on any atom is 0.257 e. The molecular weight excluding hydrogens is 360 g/mol. The Balaban J connectivity index is 1.51. The molecule has 0 fully saturated rings. The van der Waals surface area contributed by atoms with E-state index in [4.69, 9.17) is 5.73 Å². The number of aromatic nitrogens is 4. The van der Waals surface area contributed by atoms with Crippen molar-refractivity contribution in [3.63, 3.8) is 0 Å². The minimum atomic E-state index is -0.208. The predicted molar refractivity (Wildman–Crippen MR) is 107 cm³/mol. The molecule has 8 heteroatoms. The third-order valence-corrected chi connectivity index (χ3v) is 4.93. The highest BCUT2D eigenvalue weighted by Gasteiger charge is 2.12. The zero-order valence-electron chi connectivity index (χ0n) is 14.5. The summed E-state index contributed by atoms with van der Waals surface area (Å²) in [6.45, 7) is 1.45. The first-order chi connectivity index (χ1) is 13.2. The highest BCUT2D eigenvalue weighted by atomic mass is 32.1. The van der Waals surface area contributed by atoms with Crippen LogP contribution in [0.15, 0.2) is 54.4 Å². The molecule has 1 amide bonds. The van der Waals surface area contributed by atoms with E-state index in [-0.39, 0.29) is 5.91 Å². The molecule has 3 N–H and O–H groups in total. The van der Waals surface area contributed by atoms with Crippen molar-refractivity contribution in [3.8, 4) is 11.3 Å². The number of hydrogen-bond acceptors (Lipinski definition) is 6. The lowest BCUT2D eigenvalue weighted by Gasteiger charge is -2.04. The largest absolute Gasteiger partial charge is 0.331 e. The van der Waals surface area contributed by atoms with E-state index in [1.54, 1.807) is 30.9 Å². The zero-order chi connectivity index (χ0) is 18.6. The van der Waals surface area contributed by atoms with Crippen molar-refractivity contribution in [1.82, 2.24) is 19.5 Å². The van der Waals surface area contributed by atoms with Crippen LogP contribution in [-0.4, -0.2) is 32.0 Å². The number of amides is 1. The maximum absolute atomic E-state index is 12.6. The number of anilines is 1. The summed E-state index contributed by atoms with van der Waals surface area (Å²) in [5.74, 6) is -0.208. The van der Waals surface area contributed by atoms with Gasteiger partial charge in [-0.05, 0) is 43.3 Å². The molecule has 0 radical (unpaired) electrons. The zero-order valence-corrected chi connectivity index (χ0v) is 15.3. The van der Waals surface area contributed by atoms with Gasteiger partial charge in [0.25, 0.3) is 5.91 Å². The lowest BCUT2D eigenvalue weighted by atomic mass is 10.2. The number of carbonyl (C=O) groups excluding carboxylic acids is 1. The van der Waals surface area contributed by atoms with Gasteiger partial charge in [0.2, 0.25) is 0 Å². The van der Waals surface area contributed by atoms with Crippen LogP contribution in [0.3, 0.4) is 0 Å². The van der Waals surface area contributed by atoms with Gasteiger partial charge in [-0.2, -0.15) is 0 Å². The Bertz CT molecular complexity index is 1070. The summed E-state index contributed by atoms with van der Waals surface area (Å²) in [5.41, 5.74) is 9.60. The van der Waals surface area contributed by atoms with Crippen molar-refractivity contribution < 1.29 is 4.79 Å². The summed E-state index contributed by atoms with van der Waals surface area (Å²) in [6.07, 6.45) is 6.13. The number of imidazole rings is 1. The number of thiazole rings is 1. The molecule has 4 rings (SSSR count). The van der Waals surface area contributed by atoms with Crippen LogP contribution in [0.1, 0.15) is 16.8 Å². The second-order valence-corrected chi connectivity index (χ2v) is 6.88. The lowest BCUT2D eigenvalue weighted by molar-refractivity contribution is 0.102.